The van der Waals surface area contributed by atoms with E-state index >= 15 is 0 Å². The van der Waals surface area contributed by atoms with E-state index in [1.807, 2.05) is 0 Å². The van der Waals surface area contributed by atoms with Crippen LogP contribution in [0.2, 0.25) is 0 Å². The van der Waals surface area contributed by atoms with Crippen molar-refractivity contribution in [3.8, 4) is 0 Å². The summed E-state index contributed by atoms with van der Waals surface area (Å²) in [5, 5.41) is 9.36. The van der Waals surface area contributed by atoms with E-state index in [1.54, 1.807) is 26.0 Å². The standard InChI is InChI=1S/C30H50O7/c1-5-7-9-11-13-15-19-23-34-30(4,35-24-20-16-14-12-10-8-6-2)37-25(3)36-29(33)27-22-18-17-21-26(27)28(31)32/h17-18,21-22,25H,5-16,19-20,23-24H2,1-4H3,(H,31,32). The van der Waals surface area contributed by atoms with E-state index in [0.717, 1.165) is 25.7 Å². The van der Waals surface area contributed by atoms with Crippen LogP contribution in [0.3, 0.4) is 0 Å². The van der Waals surface area contributed by atoms with Gasteiger partial charge in [0.1, 0.15) is 0 Å². The molecule has 0 aliphatic rings. The summed E-state index contributed by atoms with van der Waals surface area (Å²) in [5.74, 6) is -3.33. The number of carbonyl (C=O) groups excluding carboxylic acids is 1. The van der Waals surface area contributed by atoms with E-state index in [1.165, 1.54) is 76.3 Å². The molecule has 1 unspecified atom stereocenters. The van der Waals surface area contributed by atoms with Crippen molar-refractivity contribution in [3.63, 3.8) is 0 Å². The molecule has 7 nitrogen and oxygen atoms in total. The van der Waals surface area contributed by atoms with E-state index in [2.05, 4.69) is 13.8 Å². The fourth-order valence-electron chi connectivity index (χ4n) is 4.13. The quantitative estimate of drug-likeness (QED) is 0.0881. The van der Waals surface area contributed by atoms with Gasteiger partial charge in [0, 0.05) is 6.92 Å². The maximum absolute atomic E-state index is 12.6. The third-order valence-electron chi connectivity index (χ3n) is 6.25. The molecule has 0 bridgehead atoms. The van der Waals surface area contributed by atoms with Gasteiger partial charge in [-0.05, 0) is 31.9 Å². The van der Waals surface area contributed by atoms with Crippen LogP contribution in [-0.4, -0.2) is 42.5 Å². The molecule has 0 radical (unpaired) electrons. The zero-order valence-corrected chi connectivity index (χ0v) is 23.6. The Hall–Kier alpha value is -1.96. The SMILES string of the molecule is CCCCCCCCCOC(C)(OCCCCCCCCC)OC(C)OC(=O)c1ccccc1C(=O)O. The Labute approximate surface area is 224 Å². The highest BCUT2D eigenvalue weighted by atomic mass is 16.9. The summed E-state index contributed by atoms with van der Waals surface area (Å²) in [7, 11) is 0. The monoisotopic (exact) mass is 522 g/mol. The fraction of sp³-hybridized carbons (Fsp3) is 0.733. The number of ether oxygens (including phenoxy) is 4. The number of rotatable bonds is 23. The topological polar surface area (TPSA) is 91.3 Å². The second-order valence-corrected chi connectivity index (χ2v) is 9.74. The smallest absolute Gasteiger partial charge is 0.341 e. The first-order chi connectivity index (χ1) is 17.8. The molecule has 1 aromatic rings. The predicted octanol–water partition coefficient (Wildman–Crippen LogP) is 8.11. The maximum atomic E-state index is 12.6. The Bertz CT molecular complexity index is 729. The van der Waals surface area contributed by atoms with Gasteiger partial charge in [0.05, 0.1) is 24.3 Å². The number of benzene rings is 1. The van der Waals surface area contributed by atoms with Crippen molar-refractivity contribution in [1.82, 2.24) is 0 Å². The Morgan fingerprint density at radius 1 is 0.757 bits per heavy atom. The normalized spacial score (nSPS) is 12.4. The molecule has 0 aliphatic carbocycles. The average Bonchev–Trinajstić information content (AvgIpc) is 2.87. The Morgan fingerprint density at radius 2 is 1.19 bits per heavy atom. The zero-order chi connectivity index (χ0) is 27.4. The number of hydrogen-bond acceptors (Lipinski definition) is 6. The van der Waals surface area contributed by atoms with Crippen LogP contribution in [0.4, 0.5) is 0 Å². The molecular formula is C30H50O7. The van der Waals surface area contributed by atoms with Crippen LogP contribution >= 0.6 is 0 Å². The number of aromatic carboxylic acids is 1. The van der Waals surface area contributed by atoms with Gasteiger partial charge in [-0.15, -0.1) is 0 Å². The lowest BCUT2D eigenvalue weighted by atomic mass is 10.1. The van der Waals surface area contributed by atoms with E-state index < -0.39 is 24.2 Å². The van der Waals surface area contributed by atoms with Gasteiger partial charge < -0.3 is 19.3 Å². The van der Waals surface area contributed by atoms with Crippen LogP contribution in [0.25, 0.3) is 0 Å². The minimum atomic E-state index is -1.36. The molecule has 1 atom stereocenters. The lowest BCUT2D eigenvalue weighted by molar-refractivity contribution is -0.401. The van der Waals surface area contributed by atoms with Gasteiger partial charge in [-0.3, -0.25) is 4.74 Å². The fourth-order valence-corrected chi connectivity index (χ4v) is 4.13. The molecule has 0 aromatic heterocycles. The first kappa shape index (κ1) is 33.1. The van der Waals surface area contributed by atoms with Crippen molar-refractivity contribution in [2.75, 3.05) is 13.2 Å². The molecule has 7 heteroatoms. The lowest BCUT2D eigenvalue weighted by Gasteiger charge is -2.32. The molecule has 37 heavy (non-hydrogen) atoms. The summed E-state index contributed by atoms with van der Waals surface area (Å²) < 4.78 is 23.3. The molecule has 0 amide bonds. The van der Waals surface area contributed by atoms with Crippen molar-refractivity contribution in [1.29, 1.82) is 0 Å². The van der Waals surface area contributed by atoms with E-state index in [0.29, 0.717) is 13.2 Å². The van der Waals surface area contributed by atoms with E-state index in [-0.39, 0.29) is 11.1 Å². The van der Waals surface area contributed by atoms with Crippen LogP contribution in [0, 0.1) is 0 Å². The van der Waals surface area contributed by atoms with E-state index in [4.69, 9.17) is 18.9 Å². The molecule has 0 saturated carbocycles. The van der Waals surface area contributed by atoms with E-state index in [9.17, 15) is 14.7 Å². The van der Waals surface area contributed by atoms with Crippen molar-refractivity contribution >= 4 is 11.9 Å². The molecule has 0 aliphatic heterocycles. The molecule has 1 rings (SSSR count). The van der Waals surface area contributed by atoms with Gasteiger partial charge in [0.15, 0.2) is 0 Å². The Balaban J connectivity index is 2.60. The largest absolute Gasteiger partial charge is 0.478 e. The summed E-state index contributed by atoms with van der Waals surface area (Å²) in [6, 6.07) is 5.94. The average molecular weight is 523 g/mol. The summed E-state index contributed by atoms with van der Waals surface area (Å²) in [4.78, 5) is 24.1. The molecule has 212 valence electrons. The molecule has 1 N–H and O–H groups in total. The third-order valence-corrected chi connectivity index (χ3v) is 6.25. The molecular weight excluding hydrogens is 472 g/mol. The van der Waals surface area contributed by atoms with Gasteiger partial charge in [0.25, 0.3) is 5.97 Å². The number of carboxylic acids is 1. The zero-order valence-electron chi connectivity index (χ0n) is 23.6. The highest BCUT2D eigenvalue weighted by Gasteiger charge is 2.31. The van der Waals surface area contributed by atoms with Crippen molar-refractivity contribution < 1.29 is 33.6 Å². The second-order valence-electron chi connectivity index (χ2n) is 9.74. The van der Waals surface area contributed by atoms with Gasteiger partial charge in [-0.2, -0.15) is 0 Å². The van der Waals surface area contributed by atoms with Crippen LogP contribution < -0.4 is 0 Å². The summed E-state index contributed by atoms with van der Waals surface area (Å²) >= 11 is 0. The molecule has 0 heterocycles. The Kier molecular flexibility index (Phi) is 17.9. The number of carboxylic acid groups (broad SMARTS) is 1. The number of carbonyl (C=O) groups is 2. The number of esters is 1. The molecule has 0 saturated heterocycles. The number of hydrogen-bond donors (Lipinski definition) is 1. The number of unbranched alkanes of at least 4 members (excludes halogenated alkanes) is 12. The van der Waals surface area contributed by atoms with Crippen LogP contribution in [0.1, 0.15) is 138 Å². The van der Waals surface area contributed by atoms with Gasteiger partial charge >= 0.3 is 11.9 Å². The van der Waals surface area contributed by atoms with Gasteiger partial charge in [-0.1, -0.05) is 103 Å². The maximum Gasteiger partial charge on any atom is 0.341 e. The summed E-state index contributed by atoms with van der Waals surface area (Å²) in [6.45, 7) is 8.65. The van der Waals surface area contributed by atoms with Gasteiger partial charge in [0.2, 0.25) is 6.29 Å². The van der Waals surface area contributed by atoms with Crippen LogP contribution in [-0.2, 0) is 18.9 Å². The molecule has 0 fully saturated rings. The highest BCUT2D eigenvalue weighted by Crippen LogP contribution is 2.21. The highest BCUT2D eigenvalue weighted by molar-refractivity contribution is 6.02. The lowest BCUT2D eigenvalue weighted by Crippen LogP contribution is -2.40. The second kappa shape index (κ2) is 20.1. The van der Waals surface area contributed by atoms with Crippen LogP contribution in [0.5, 0.6) is 0 Å². The summed E-state index contributed by atoms with van der Waals surface area (Å²) in [6.07, 6.45) is 15.4. The minimum Gasteiger partial charge on any atom is -0.478 e. The van der Waals surface area contributed by atoms with Gasteiger partial charge in [-0.25, -0.2) is 9.59 Å². The van der Waals surface area contributed by atoms with Crippen molar-refractivity contribution in [2.24, 2.45) is 0 Å². The Morgan fingerprint density at radius 3 is 1.65 bits per heavy atom. The molecule has 1 aromatic carbocycles. The van der Waals surface area contributed by atoms with Crippen LogP contribution in [0.15, 0.2) is 24.3 Å². The van der Waals surface area contributed by atoms with Crippen molar-refractivity contribution in [3.05, 3.63) is 35.4 Å². The first-order valence-corrected chi connectivity index (χ1v) is 14.3. The molecule has 0 spiro atoms. The van der Waals surface area contributed by atoms with Crippen molar-refractivity contribution in [2.45, 2.75) is 130 Å². The third kappa shape index (κ3) is 15.1. The minimum absolute atomic E-state index is 0.0277. The summed E-state index contributed by atoms with van der Waals surface area (Å²) in [5.41, 5.74) is -0.145. The first-order valence-electron chi connectivity index (χ1n) is 14.3. The predicted molar refractivity (Wildman–Crippen MR) is 146 cm³/mol.